The average molecular weight is 331 g/mol. The Labute approximate surface area is 138 Å². The van der Waals surface area contributed by atoms with Crippen LogP contribution in [0.3, 0.4) is 0 Å². The molecule has 21 heavy (non-hydrogen) atoms. The van der Waals surface area contributed by atoms with Crippen molar-refractivity contribution in [3.8, 4) is 0 Å². The highest BCUT2D eigenvalue weighted by atomic mass is 35.5. The predicted molar refractivity (Wildman–Crippen MR) is 90.1 cm³/mol. The second-order valence-electron chi connectivity index (χ2n) is 5.55. The summed E-state index contributed by atoms with van der Waals surface area (Å²) in [5, 5.41) is 7.04. The molecule has 1 saturated carbocycles. The molecule has 1 amide bonds. The first kappa shape index (κ1) is 18.3. The van der Waals surface area contributed by atoms with Gasteiger partial charge in [0.05, 0.1) is 5.54 Å². The van der Waals surface area contributed by atoms with Gasteiger partial charge in [0.25, 0.3) is 0 Å². The van der Waals surface area contributed by atoms with E-state index < -0.39 is 0 Å². The van der Waals surface area contributed by atoms with Gasteiger partial charge in [-0.2, -0.15) is 0 Å². The van der Waals surface area contributed by atoms with Crippen LogP contribution in [0.15, 0.2) is 24.3 Å². The van der Waals surface area contributed by atoms with Crippen molar-refractivity contribution in [2.75, 3.05) is 13.6 Å². The Hall–Kier alpha value is -0.770. The van der Waals surface area contributed by atoms with E-state index in [1.54, 1.807) is 0 Å². The summed E-state index contributed by atoms with van der Waals surface area (Å²) >= 11 is 5.97. The average Bonchev–Trinajstić information content (AvgIpc) is 2.46. The molecule has 3 nitrogen and oxygen atoms in total. The van der Waals surface area contributed by atoms with Crippen molar-refractivity contribution in [2.45, 2.75) is 44.1 Å². The molecule has 0 radical (unpaired) electrons. The summed E-state index contributed by atoms with van der Waals surface area (Å²) in [6, 6.07) is 7.91. The molecular weight excluding hydrogens is 307 g/mol. The number of carbonyl (C=O) groups is 1. The summed E-state index contributed by atoms with van der Waals surface area (Å²) in [6.07, 6.45) is 6.12. The lowest BCUT2D eigenvalue weighted by Crippen LogP contribution is -2.47. The summed E-state index contributed by atoms with van der Waals surface area (Å²) in [4.78, 5) is 12.1. The van der Waals surface area contributed by atoms with E-state index in [-0.39, 0.29) is 23.9 Å². The van der Waals surface area contributed by atoms with E-state index in [0.29, 0.717) is 13.0 Å². The number of benzene rings is 1. The molecule has 0 unspecified atom stereocenters. The minimum atomic E-state index is -0.201. The fourth-order valence-corrected chi connectivity index (χ4v) is 3.10. The number of halogens is 2. The summed E-state index contributed by atoms with van der Waals surface area (Å²) in [6.45, 7) is 0.711. The quantitative estimate of drug-likeness (QED) is 0.865. The third-order valence-electron chi connectivity index (χ3n) is 4.08. The van der Waals surface area contributed by atoms with Crippen molar-refractivity contribution in [3.05, 3.63) is 34.9 Å². The zero-order valence-corrected chi connectivity index (χ0v) is 14.0. The van der Waals surface area contributed by atoms with Gasteiger partial charge < -0.3 is 10.6 Å². The van der Waals surface area contributed by atoms with Gasteiger partial charge in [-0.3, -0.25) is 4.79 Å². The van der Waals surface area contributed by atoms with Crippen LogP contribution in [-0.4, -0.2) is 19.5 Å². The monoisotopic (exact) mass is 330 g/mol. The van der Waals surface area contributed by atoms with Crippen LogP contribution in [0.25, 0.3) is 0 Å². The van der Waals surface area contributed by atoms with Crippen LogP contribution in [0.4, 0.5) is 0 Å². The van der Waals surface area contributed by atoms with E-state index >= 15 is 0 Å². The molecule has 2 rings (SSSR count). The second kappa shape index (κ2) is 8.62. The minimum Gasteiger partial charge on any atom is -0.347 e. The van der Waals surface area contributed by atoms with Gasteiger partial charge in [0.15, 0.2) is 0 Å². The van der Waals surface area contributed by atoms with E-state index in [1.807, 2.05) is 31.3 Å². The van der Waals surface area contributed by atoms with Gasteiger partial charge in [-0.05, 0) is 37.6 Å². The molecule has 0 aromatic heterocycles. The highest BCUT2D eigenvalue weighted by Crippen LogP contribution is 2.37. The highest BCUT2D eigenvalue weighted by molar-refractivity contribution is 6.30. The fraction of sp³-hybridized carbons (Fsp3) is 0.562. The van der Waals surface area contributed by atoms with Gasteiger partial charge >= 0.3 is 0 Å². The second-order valence-corrected chi connectivity index (χ2v) is 5.99. The summed E-state index contributed by atoms with van der Waals surface area (Å²) in [7, 11) is 1.86. The van der Waals surface area contributed by atoms with Gasteiger partial charge in [-0.15, -0.1) is 12.4 Å². The highest BCUT2D eigenvalue weighted by Gasteiger charge is 2.35. The Balaban J connectivity index is 0.00000220. The molecule has 1 aromatic carbocycles. The zero-order chi connectivity index (χ0) is 14.4. The molecule has 5 heteroatoms. The maximum Gasteiger partial charge on any atom is 0.221 e. The lowest BCUT2D eigenvalue weighted by molar-refractivity contribution is -0.123. The van der Waals surface area contributed by atoms with E-state index in [0.717, 1.165) is 30.7 Å². The lowest BCUT2D eigenvalue weighted by Gasteiger charge is -2.39. The Morgan fingerprint density at radius 1 is 1.19 bits per heavy atom. The van der Waals surface area contributed by atoms with Gasteiger partial charge in [0, 0.05) is 18.0 Å². The molecule has 0 bridgehead atoms. The van der Waals surface area contributed by atoms with Gasteiger partial charge in [-0.1, -0.05) is 43.0 Å². The zero-order valence-electron chi connectivity index (χ0n) is 12.5. The van der Waals surface area contributed by atoms with Crippen LogP contribution in [0, 0.1) is 0 Å². The summed E-state index contributed by atoms with van der Waals surface area (Å²) in [5.74, 6) is 0.121. The number of nitrogens with one attached hydrogen (secondary N) is 2. The summed E-state index contributed by atoms with van der Waals surface area (Å²) in [5.41, 5.74) is 0.979. The number of amides is 1. The number of hydrogen-bond donors (Lipinski definition) is 2. The molecule has 0 heterocycles. The Morgan fingerprint density at radius 2 is 1.81 bits per heavy atom. The van der Waals surface area contributed by atoms with Crippen molar-refractivity contribution < 1.29 is 4.79 Å². The van der Waals surface area contributed by atoms with Gasteiger partial charge in [0.2, 0.25) is 5.91 Å². The predicted octanol–water partition coefficient (Wildman–Crippen LogP) is 3.65. The largest absolute Gasteiger partial charge is 0.347 e. The molecule has 0 spiro atoms. The first-order valence-electron chi connectivity index (χ1n) is 7.38. The smallest absolute Gasteiger partial charge is 0.221 e. The van der Waals surface area contributed by atoms with Crippen LogP contribution in [-0.2, 0) is 10.3 Å². The van der Waals surface area contributed by atoms with E-state index in [1.165, 1.54) is 12.0 Å². The molecule has 1 fully saturated rings. The fourth-order valence-electron chi connectivity index (χ4n) is 2.98. The maximum atomic E-state index is 12.1. The van der Waals surface area contributed by atoms with Gasteiger partial charge in [-0.25, -0.2) is 0 Å². The van der Waals surface area contributed by atoms with E-state index in [2.05, 4.69) is 10.6 Å². The SMILES string of the molecule is CNCCC(=O)NC1(c2ccc(Cl)cc2)CCCCC1.Cl. The topological polar surface area (TPSA) is 41.1 Å². The third-order valence-corrected chi connectivity index (χ3v) is 4.34. The minimum absolute atomic E-state index is 0. The van der Waals surface area contributed by atoms with E-state index in [9.17, 15) is 4.79 Å². The van der Waals surface area contributed by atoms with Crippen LogP contribution in [0.5, 0.6) is 0 Å². The van der Waals surface area contributed by atoms with Crippen LogP contribution in [0.2, 0.25) is 5.02 Å². The normalized spacial score (nSPS) is 16.9. The molecule has 0 atom stereocenters. The van der Waals surface area contributed by atoms with Crippen molar-refractivity contribution >= 4 is 29.9 Å². The lowest BCUT2D eigenvalue weighted by atomic mass is 9.76. The first-order chi connectivity index (χ1) is 9.66. The molecule has 1 aliphatic rings. The molecular formula is C16H24Cl2N2O. The summed E-state index contributed by atoms with van der Waals surface area (Å²) < 4.78 is 0. The van der Waals surface area contributed by atoms with E-state index in [4.69, 9.17) is 11.6 Å². The number of carbonyl (C=O) groups excluding carboxylic acids is 1. The first-order valence-corrected chi connectivity index (χ1v) is 7.76. The van der Waals surface area contributed by atoms with Crippen molar-refractivity contribution in [3.63, 3.8) is 0 Å². The molecule has 0 aliphatic heterocycles. The Morgan fingerprint density at radius 3 is 2.38 bits per heavy atom. The van der Waals surface area contributed by atoms with Crippen LogP contribution < -0.4 is 10.6 Å². The standard InChI is InChI=1S/C16H23ClN2O.ClH/c1-18-12-9-15(20)19-16(10-3-2-4-11-16)13-5-7-14(17)8-6-13;/h5-8,18H,2-4,9-12H2,1H3,(H,19,20);1H. The van der Waals surface area contributed by atoms with Crippen molar-refractivity contribution in [2.24, 2.45) is 0 Å². The molecule has 0 saturated heterocycles. The van der Waals surface area contributed by atoms with Crippen molar-refractivity contribution in [1.29, 1.82) is 0 Å². The maximum absolute atomic E-state index is 12.1. The van der Waals surface area contributed by atoms with Gasteiger partial charge in [0.1, 0.15) is 0 Å². The molecule has 1 aromatic rings. The van der Waals surface area contributed by atoms with Crippen molar-refractivity contribution in [1.82, 2.24) is 10.6 Å². The van der Waals surface area contributed by atoms with Crippen LogP contribution >= 0.6 is 24.0 Å². The molecule has 2 N–H and O–H groups in total. The molecule has 1 aliphatic carbocycles. The Bertz CT molecular complexity index is 442. The molecule has 118 valence electrons. The number of rotatable bonds is 5. The van der Waals surface area contributed by atoms with Crippen LogP contribution in [0.1, 0.15) is 44.1 Å². The third kappa shape index (κ3) is 4.87. The Kier molecular flexibility index (Phi) is 7.50. The number of hydrogen-bond acceptors (Lipinski definition) is 2.